The molecule has 5 nitrogen and oxygen atoms in total. The van der Waals surface area contributed by atoms with Gasteiger partial charge < -0.3 is 14.8 Å². The van der Waals surface area contributed by atoms with Crippen LogP contribution in [0, 0.1) is 0 Å². The summed E-state index contributed by atoms with van der Waals surface area (Å²) < 4.78 is 11.4. The summed E-state index contributed by atoms with van der Waals surface area (Å²) in [7, 11) is 0. The van der Waals surface area contributed by atoms with Crippen LogP contribution in [0.2, 0.25) is 5.15 Å². The van der Waals surface area contributed by atoms with Crippen LogP contribution in [0.4, 0.5) is 4.79 Å². The number of pyridine rings is 1. The summed E-state index contributed by atoms with van der Waals surface area (Å²) in [6.45, 7) is 7.49. The van der Waals surface area contributed by atoms with Crippen LogP contribution in [0.25, 0.3) is 0 Å². The van der Waals surface area contributed by atoms with Crippen molar-refractivity contribution < 1.29 is 14.3 Å². The standard InChI is InChI=1S/C13H18BrClN2O3/c1-8(17-12(18)20-13(2,3)4)7-19-10-5-9(14)6-16-11(10)15/h5-6,8H,7H2,1-4H3,(H,17,18). The summed E-state index contributed by atoms with van der Waals surface area (Å²) in [5, 5.41) is 2.95. The van der Waals surface area contributed by atoms with E-state index < -0.39 is 11.7 Å². The SMILES string of the molecule is CC(COc1cc(Br)cnc1Cl)NC(=O)OC(C)(C)C. The van der Waals surface area contributed by atoms with E-state index in [1.807, 2.05) is 6.92 Å². The van der Waals surface area contributed by atoms with Gasteiger partial charge in [-0.1, -0.05) is 11.6 Å². The molecule has 1 unspecified atom stereocenters. The third-order valence-corrected chi connectivity index (χ3v) is 2.74. The Hall–Kier alpha value is -1.01. The predicted molar refractivity (Wildman–Crippen MR) is 81.3 cm³/mol. The lowest BCUT2D eigenvalue weighted by atomic mass is 10.2. The second-order valence-corrected chi connectivity index (χ2v) is 6.57. The summed E-state index contributed by atoms with van der Waals surface area (Å²) in [5.41, 5.74) is -0.526. The van der Waals surface area contributed by atoms with Gasteiger partial charge in [-0.25, -0.2) is 9.78 Å². The Morgan fingerprint density at radius 3 is 2.80 bits per heavy atom. The molecule has 1 atom stereocenters. The van der Waals surface area contributed by atoms with E-state index in [2.05, 4.69) is 26.2 Å². The van der Waals surface area contributed by atoms with Gasteiger partial charge in [-0.3, -0.25) is 0 Å². The van der Waals surface area contributed by atoms with Crippen LogP contribution in [-0.2, 0) is 4.74 Å². The zero-order chi connectivity index (χ0) is 15.3. The molecule has 112 valence electrons. The number of carbonyl (C=O) groups excluding carboxylic acids is 1. The molecule has 1 aromatic heterocycles. The Morgan fingerprint density at radius 1 is 1.55 bits per heavy atom. The van der Waals surface area contributed by atoms with Crippen LogP contribution < -0.4 is 10.1 Å². The molecule has 1 amide bonds. The van der Waals surface area contributed by atoms with Crippen molar-refractivity contribution >= 4 is 33.6 Å². The highest BCUT2D eigenvalue weighted by molar-refractivity contribution is 9.10. The molecule has 0 saturated heterocycles. The molecular weight excluding hydrogens is 348 g/mol. The first-order valence-corrected chi connectivity index (χ1v) is 7.28. The Bertz CT molecular complexity index is 477. The van der Waals surface area contributed by atoms with Crippen LogP contribution in [0.5, 0.6) is 5.75 Å². The summed E-state index contributed by atoms with van der Waals surface area (Å²) >= 11 is 9.19. The first-order valence-electron chi connectivity index (χ1n) is 6.11. The molecule has 1 rings (SSSR count). The molecule has 1 aromatic rings. The normalized spacial score (nSPS) is 12.7. The van der Waals surface area contributed by atoms with Crippen molar-refractivity contribution in [2.24, 2.45) is 0 Å². The zero-order valence-corrected chi connectivity index (χ0v) is 14.2. The minimum Gasteiger partial charge on any atom is -0.488 e. The summed E-state index contributed by atoms with van der Waals surface area (Å²) in [4.78, 5) is 15.5. The number of rotatable bonds is 4. The summed E-state index contributed by atoms with van der Waals surface area (Å²) in [6, 6.07) is 1.50. The third kappa shape index (κ3) is 6.43. The fraction of sp³-hybridized carbons (Fsp3) is 0.538. The van der Waals surface area contributed by atoms with Crippen LogP contribution in [0.3, 0.4) is 0 Å². The minimum absolute atomic E-state index is 0.222. The number of ether oxygens (including phenoxy) is 2. The van der Waals surface area contributed by atoms with Crippen molar-refractivity contribution in [3.05, 3.63) is 21.9 Å². The molecule has 0 saturated carbocycles. The lowest BCUT2D eigenvalue weighted by Gasteiger charge is -2.22. The van der Waals surface area contributed by atoms with Gasteiger partial charge >= 0.3 is 6.09 Å². The molecule has 1 heterocycles. The van der Waals surface area contributed by atoms with Gasteiger partial charge in [-0.2, -0.15) is 0 Å². The van der Waals surface area contributed by atoms with E-state index in [9.17, 15) is 4.79 Å². The summed E-state index contributed by atoms with van der Waals surface area (Å²) in [6.07, 6.45) is 1.10. The van der Waals surface area contributed by atoms with E-state index in [1.54, 1.807) is 33.0 Å². The van der Waals surface area contributed by atoms with Gasteiger partial charge in [0.25, 0.3) is 0 Å². The lowest BCUT2D eigenvalue weighted by Crippen LogP contribution is -2.40. The summed E-state index contributed by atoms with van der Waals surface area (Å²) in [5.74, 6) is 0.457. The minimum atomic E-state index is -0.526. The van der Waals surface area contributed by atoms with Gasteiger partial charge in [0, 0.05) is 10.7 Å². The molecule has 7 heteroatoms. The van der Waals surface area contributed by atoms with E-state index in [1.165, 1.54) is 0 Å². The van der Waals surface area contributed by atoms with Gasteiger partial charge in [0.1, 0.15) is 12.2 Å². The molecule has 0 aromatic carbocycles. The number of halogens is 2. The van der Waals surface area contributed by atoms with Crippen molar-refractivity contribution in [3.63, 3.8) is 0 Å². The van der Waals surface area contributed by atoms with E-state index in [-0.39, 0.29) is 17.8 Å². The van der Waals surface area contributed by atoms with Crippen molar-refractivity contribution in [2.75, 3.05) is 6.61 Å². The number of amides is 1. The van der Waals surface area contributed by atoms with Crippen molar-refractivity contribution in [3.8, 4) is 5.75 Å². The largest absolute Gasteiger partial charge is 0.488 e. The van der Waals surface area contributed by atoms with Gasteiger partial charge in [0.05, 0.1) is 6.04 Å². The van der Waals surface area contributed by atoms with E-state index >= 15 is 0 Å². The topological polar surface area (TPSA) is 60.5 Å². The number of hydrogen-bond acceptors (Lipinski definition) is 4. The fourth-order valence-corrected chi connectivity index (χ4v) is 1.74. The quantitative estimate of drug-likeness (QED) is 0.825. The maximum atomic E-state index is 11.6. The Morgan fingerprint density at radius 2 is 2.20 bits per heavy atom. The molecular formula is C13H18BrClN2O3. The average Bonchev–Trinajstić information content (AvgIpc) is 2.27. The molecule has 0 spiro atoms. The van der Waals surface area contributed by atoms with E-state index in [0.717, 1.165) is 4.47 Å². The van der Waals surface area contributed by atoms with Crippen molar-refractivity contribution in [1.82, 2.24) is 10.3 Å². The second-order valence-electron chi connectivity index (χ2n) is 5.30. The number of nitrogens with one attached hydrogen (secondary N) is 1. The molecule has 0 radical (unpaired) electrons. The van der Waals surface area contributed by atoms with Crippen LogP contribution in [0.1, 0.15) is 27.7 Å². The third-order valence-electron chi connectivity index (χ3n) is 2.03. The van der Waals surface area contributed by atoms with Crippen molar-refractivity contribution in [1.29, 1.82) is 0 Å². The van der Waals surface area contributed by atoms with E-state index in [0.29, 0.717) is 5.75 Å². The maximum Gasteiger partial charge on any atom is 0.407 e. The monoisotopic (exact) mass is 364 g/mol. The smallest absolute Gasteiger partial charge is 0.407 e. The number of nitrogens with zero attached hydrogens (tertiary/aromatic N) is 1. The zero-order valence-electron chi connectivity index (χ0n) is 11.9. The van der Waals surface area contributed by atoms with Gasteiger partial charge in [0.15, 0.2) is 10.9 Å². The highest BCUT2D eigenvalue weighted by Crippen LogP contribution is 2.25. The maximum absolute atomic E-state index is 11.6. The van der Waals surface area contributed by atoms with Gasteiger partial charge in [-0.05, 0) is 49.7 Å². The molecule has 0 fully saturated rings. The molecule has 1 N–H and O–H groups in total. The Labute approximate surface area is 132 Å². The van der Waals surface area contributed by atoms with Gasteiger partial charge in [-0.15, -0.1) is 0 Å². The first-order chi connectivity index (χ1) is 9.17. The molecule has 20 heavy (non-hydrogen) atoms. The highest BCUT2D eigenvalue weighted by atomic mass is 79.9. The molecule has 0 aliphatic heterocycles. The molecule has 0 aliphatic carbocycles. The Balaban J connectivity index is 2.45. The fourth-order valence-electron chi connectivity index (χ4n) is 1.27. The average molecular weight is 366 g/mol. The number of hydrogen-bond donors (Lipinski definition) is 1. The molecule has 0 bridgehead atoms. The predicted octanol–water partition coefficient (Wildman–Crippen LogP) is 3.79. The number of alkyl carbamates (subject to hydrolysis) is 1. The number of aromatic nitrogens is 1. The first kappa shape index (κ1) is 17.0. The van der Waals surface area contributed by atoms with E-state index in [4.69, 9.17) is 21.1 Å². The molecule has 0 aliphatic rings. The van der Waals surface area contributed by atoms with Crippen molar-refractivity contribution in [2.45, 2.75) is 39.3 Å². The second kappa shape index (κ2) is 7.13. The Kier molecular flexibility index (Phi) is 6.07. The van der Waals surface area contributed by atoms with Crippen LogP contribution >= 0.6 is 27.5 Å². The number of carbonyl (C=O) groups is 1. The van der Waals surface area contributed by atoms with Crippen LogP contribution in [0.15, 0.2) is 16.7 Å². The lowest BCUT2D eigenvalue weighted by molar-refractivity contribution is 0.0494. The highest BCUT2D eigenvalue weighted by Gasteiger charge is 2.18. The van der Waals surface area contributed by atoms with Crippen LogP contribution in [-0.4, -0.2) is 29.3 Å². The van der Waals surface area contributed by atoms with Gasteiger partial charge in [0.2, 0.25) is 0 Å².